The van der Waals surface area contributed by atoms with Crippen LogP contribution >= 0.6 is 12.6 Å². The van der Waals surface area contributed by atoms with Crippen molar-refractivity contribution in [2.75, 3.05) is 14.2 Å². The summed E-state index contributed by atoms with van der Waals surface area (Å²) in [6, 6.07) is 6.28. The molecule has 1 aromatic carbocycles. The Hall–Kier alpha value is -0.670. The minimum atomic E-state index is 0.0150. The molecule has 15 heavy (non-hydrogen) atoms. The molecule has 0 saturated carbocycles. The number of thiol groups is 1. The molecule has 0 aromatic heterocycles. The SMILES string of the molecule is CNC(S)c1ccc(C(C)C)cc1OC. The molecule has 0 aliphatic carbocycles. The van der Waals surface area contributed by atoms with Crippen molar-refractivity contribution in [3.05, 3.63) is 29.3 Å². The summed E-state index contributed by atoms with van der Waals surface area (Å²) in [4.78, 5) is 0. The maximum Gasteiger partial charge on any atom is 0.124 e. The zero-order valence-corrected chi connectivity index (χ0v) is 10.6. The fourth-order valence-electron chi connectivity index (χ4n) is 1.47. The van der Waals surface area contributed by atoms with Gasteiger partial charge in [-0.3, -0.25) is 0 Å². The van der Waals surface area contributed by atoms with E-state index in [9.17, 15) is 0 Å². The first-order valence-corrected chi connectivity index (χ1v) is 5.65. The van der Waals surface area contributed by atoms with Gasteiger partial charge in [0.15, 0.2) is 0 Å². The second kappa shape index (κ2) is 5.42. The van der Waals surface area contributed by atoms with Crippen LogP contribution in [0.25, 0.3) is 0 Å². The number of nitrogens with one attached hydrogen (secondary N) is 1. The van der Waals surface area contributed by atoms with E-state index < -0.39 is 0 Å². The third-order valence-electron chi connectivity index (χ3n) is 2.49. The first-order valence-electron chi connectivity index (χ1n) is 5.13. The van der Waals surface area contributed by atoms with Gasteiger partial charge in [-0.15, -0.1) is 0 Å². The summed E-state index contributed by atoms with van der Waals surface area (Å²) in [5.41, 5.74) is 2.36. The van der Waals surface area contributed by atoms with E-state index >= 15 is 0 Å². The van der Waals surface area contributed by atoms with Crippen molar-refractivity contribution in [3.8, 4) is 5.75 Å². The van der Waals surface area contributed by atoms with Gasteiger partial charge in [0.2, 0.25) is 0 Å². The van der Waals surface area contributed by atoms with E-state index in [1.807, 2.05) is 7.05 Å². The Bertz CT molecular complexity index is 325. The van der Waals surface area contributed by atoms with E-state index in [4.69, 9.17) is 4.74 Å². The van der Waals surface area contributed by atoms with Crippen molar-refractivity contribution in [1.82, 2.24) is 5.32 Å². The maximum absolute atomic E-state index is 5.37. The molecule has 1 atom stereocenters. The molecule has 1 unspecified atom stereocenters. The van der Waals surface area contributed by atoms with Gasteiger partial charge in [0, 0.05) is 5.56 Å². The van der Waals surface area contributed by atoms with Gasteiger partial charge in [-0.2, -0.15) is 12.6 Å². The van der Waals surface area contributed by atoms with Gasteiger partial charge in [0.05, 0.1) is 12.5 Å². The Morgan fingerprint density at radius 3 is 2.47 bits per heavy atom. The topological polar surface area (TPSA) is 21.3 Å². The smallest absolute Gasteiger partial charge is 0.124 e. The summed E-state index contributed by atoms with van der Waals surface area (Å²) in [5.74, 6) is 1.41. The van der Waals surface area contributed by atoms with E-state index in [1.54, 1.807) is 7.11 Å². The molecule has 0 radical (unpaired) electrons. The predicted octanol–water partition coefficient (Wildman–Crippen LogP) is 2.97. The van der Waals surface area contributed by atoms with Gasteiger partial charge in [0.25, 0.3) is 0 Å². The molecule has 1 aromatic rings. The van der Waals surface area contributed by atoms with Gasteiger partial charge in [-0.1, -0.05) is 26.0 Å². The van der Waals surface area contributed by atoms with Crippen LogP contribution in [0.15, 0.2) is 18.2 Å². The molecule has 0 bridgehead atoms. The maximum atomic E-state index is 5.37. The highest BCUT2D eigenvalue weighted by molar-refractivity contribution is 7.80. The Morgan fingerprint density at radius 2 is 2.00 bits per heavy atom. The van der Waals surface area contributed by atoms with E-state index in [0.29, 0.717) is 5.92 Å². The highest BCUT2D eigenvalue weighted by atomic mass is 32.1. The lowest BCUT2D eigenvalue weighted by Crippen LogP contribution is -2.11. The minimum Gasteiger partial charge on any atom is -0.496 e. The van der Waals surface area contributed by atoms with E-state index in [-0.39, 0.29) is 5.37 Å². The first-order chi connectivity index (χ1) is 7.10. The molecular formula is C12H19NOS. The third-order valence-corrected chi connectivity index (χ3v) is 3.03. The number of hydrogen-bond donors (Lipinski definition) is 2. The van der Waals surface area contributed by atoms with Gasteiger partial charge >= 0.3 is 0 Å². The molecule has 1 N–H and O–H groups in total. The molecule has 0 aliphatic heterocycles. The van der Waals surface area contributed by atoms with Crippen LogP contribution in [0.5, 0.6) is 5.75 Å². The average Bonchev–Trinajstić information content (AvgIpc) is 2.27. The molecule has 3 heteroatoms. The number of ether oxygens (including phenoxy) is 1. The Morgan fingerprint density at radius 1 is 1.33 bits per heavy atom. The molecule has 1 rings (SSSR count). The van der Waals surface area contributed by atoms with Gasteiger partial charge in [0.1, 0.15) is 5.75 Å². The Labute approximate surface area is 97.4 Å². The normalized spacial score (nSPS) is 12.9. The molecule has 84 valence electrons. The Balaban J connectivity index is 3.09. The molecule has 0 amide bonds. The molecule has 0 fully saturated rings. The fraction of sp³-hybridized carbons (Fsp3) is 0.500. The standard InChI is InChI=1S/C12H19NOS/c1-8(2)9-5-6-10(12(15)13-3)11(7-9)14-4/h5-8,12-13,15H,1-4H3. The summed E-state index contributed by atoms with van der Waals surface area (Å²) in [7, 11) is 3.58. The third kappa shape index (κ3) is 2.89. The summed E-state index contributed by atoms with van der Waals surface area (Å²) >= 11 is 4.44. The predicted molar refractivity (Wildman–Crippen MR) is 67.9 cm³/mol. The van der Waals surface area contributed by atoms with Crippen LogP contribution in [0.4, 0.5) is 0 Å². The van der Waals surface area contributed by atoms with Crippen molar-refractivity contribution in [2.45, 2.75) is 25.1 Å². The lowest BCUT2D eigenvalue weighted by atomic mass is 10.0. The van der Waals surface area contributed by atoms with Crippen LogP contribution < -0.4 is 10.1 Å². The zero-order chi connectivity index (χ0) is 11.4. The molecule has 2 nitrogen and oxygen atoms in total. The van der Waals surface area contributed by atoms with Crippen molar-refractivity contribution < 1.29 is 4.74 Å². The quantitative estimate of drug-likeness (QED) is 0.607. The van der Waals surface area contributed by atoms with Crippen LogP contribution in [0.1, 0.15) is 36.3 Å². The van der Waals surface area contributed by atoms with Crippen LogP contribution in [-0.4, -0.2) is 14.2 Å². The van der Waals surface area contributed by atoms with E-state index in [2.05, 4.69) is 50.0 Å². The number of benzene rings is 1. The van der Waals surface area contributed by atoms with Crippen LogP contribution in [0.2, 0.25) is 0 Å². The summed E-state index contributed by atoms with van der Waals surface area (Å²) in [6.45, 7) is 4.34. The summed E-state index contributed by atoms with van der Waals surface area (Å²) < 4.78 is 5.37. The van der Waals surface area contributed by atoms with Crippen molar-refractivity contribution in [2.24, 2.45) is 0 Å². The summed E-state index contributed by atoms with van der Waals surface area (Å²) in [5, 5.41) is 3.10. The lowest BCUT2D eigenvalue weighted by Gasteiger charge is -2.16. The minimum absolute atomic E-state index is 0.0150. The molecular weight excluding hydrogens is 206 g/mol. The van der Waals surface area contributed by atoms with Crippen molar-refractivity contribution in [3.63, 3.8) is 0 Å². The molecule has 0 spiro atoms. The molecule has 0 aliphatic rings. The van der Waals surface area contributed by atoms with Crippen molar-refractivity contribution in [1.29, 1.82) is 0 Å². The lowest BCUT2D eigenvalue weighted by molar-refractivity contribution is 0.407. The number of methoxy groups -OCH3 is 1. The number of rotatable bonds is 4. The van der Waals surface area contributed by atoms with Gasteiger partial charge in [-0.25, -0.2) is 0 Å². The van der Waals surface area contributed by atoms with Crippen LogP contribution in [-0.2, 0) is 0 Å². The molecule has 0 heterocycles. The van der Waals surface area contributed by atoms with Crippen LogP contribution in [0.3, 0.4) is 0 Å². The average molecular weight is 225 g/mol. The fourth-order valence-corrected chi connectivity index (χ4v) is 1.68. The number of hydrogen-bond acceptors (Lipinski definition) is 3. The second-order valence-corrected chi connectivity index (χ2v) is 4.36. The van der Waals surface area contributed by atoms with Crippen molar-refractivity contribution >= 4 is 12.6 Å². The van der Waals surface area contributed by atoms with Crippen LogP contribution in [0, 0.1) is 0 Å². The first kappa shape index (κ1) is 12.4. The van der Waals surface area contributed by atoms with E-state index in [1.165, 1.54) is 5.56 Å². The highest BCUT2D eigenvalue weighted by Gasteiger charge is 2.11. The highest BCUT2D eigenvalue weighted by Crippen LogP contribution is 2.30. The monoisotopic (exact) mass is 225 g/mol. The zero-order valence-electron chi connectivity index (χ0n) is 9.74. The Kier molecular flexibility index (Phi) is 4.48. The van der Waals surface area contributed by atoms with Gasteiger partial charge < -0.3 is 10.1 Å². The summed E-state index contributed by atoms with van der Waals surface area (Å²) in [6.07, 6.45) is 0. The van der Waals surface area contributed by atoms with Gasteiger partial charge in [-0.05, 0) is 24.6 Å². The largest absolute Gasteiger partial charge is 0.496 e. The molecule has 0 saturated heterocycles. The second-order valence-electron chi connectivity index (χ2n) is 3.85. The van der Waals surface area contributed by atoms with E-state index in [0.717, 1.165) is 11.3 Å².